The maximum atomic E-state index is 13.4. The first-order valence-corrected chi connectivity index (χ1v) is 10.8. The van der Waals surface area contributed by atoms with Gasteiger partial charge >= 0.3 is 0 Å². The number of fused-ring (bicyclic) bond motifs is 2. The van der Waals surface area contributed by atoms with E-state index in [0.29, 0.717) is 43.2 Å². The second-order valence-electron chi connectivity index (χ2n) is 7.44. The number of aliphatic hydroxyl groups excluding tert-OH is 1. The number of benzene rings is 1. The third kappa shape index (κ3) is 6.68. The quantitative estimate of drug-likeness (QED) is 0.635. The van der Waals surface area contributed by atoms with Gasteiger partial charge in [0.25, 0.3) is 5.91 Å². The smallest absolute Gasteiger partial charge is 0.258 e. The van der Waals surface area contributed by atoms with Crippen molar-refractivity contribution in [2.75, 3.05) is 38.2 Å². The second-order valence-corrected chi connectivity index (χ2v) is 7.44. The Labute approximate surface area is 182 Å². The maximum absolute atomic E-state index is 13.4. The Kier molecular flexibility index (Phi) is 8.66. The minimum atomic E-state index is -0.247. The van der Waals surface area contributed by atoms with Gasteiger partial charge in [0.2, 0.25) is 5.91 Å². The molecule has 1 aromatic heterocycles. The highest BCUT2D eigenvalue weighted by Crippen LogP contribution is 2.29. The summed E-state index contributed by atoms with van der Waals surface area (Å²) in [6, 6.07) is 11.0. The highest BCUT2D eigenvalue weighted by atomic mass is 16.5. The van der Waals surface area contributed by atoms with Crippen LogP contribution >= 0.6 is 0 Å². The zero-order chi connectivity index (χ0) is 21.9. The molecule has 3 rings (SSSR count). The van der Waals surface area contributed by atoms with Crippen molar-refractivity contribution in [2.24, 2.45) is 0 Å². The second kappa shape index (κ2) is 11.9. The minimum Gasteiger partial charge on any atom is -0.491 e. The summed E-state index contributed by atoms with van der Waals surface area (Å²) < 4.78 is 5.94. The van der Waals surface area contributed by atoms with Gasteiger partial charge in [-0.25, -0.2) is 4.98 Å². The Balaban J connectivity index is 1.85. The number of hydrogen-bond donors (Lipinski definition) is 3. The molecule has 0 radical (unpaired) electrons. The third-order valence-electron chi connectivity index (χ3n) is 5.04. The molecule has 0 saturated carbocycles. The first kappa shape index (κ1) is 22.6. The molecule has 0 unspecified atom stereocenters. The van der Waals surface area contributed by atoms with Gasteiger partial charge in [-0.2, -0.15) is 0 Å². The number of amides is 2. The topological polar surface area (TPSA) is 104 Å². The van der Waals surface area contributed by atoms with Crippen LogP contribution in [0.3, 0.4) is 0 Å². The normalized spacial score (nSPS) is 15.0. The molecule has 8 nitrogen and oxygen atoms in total. The van der Waals surface area contributed by atoms with Crippen LogP contribution in [0.25, 0.3) is 0 Å². The van der Waals surface area contributed by atoms with Crippen LogP contribution in [0.5, 0.6) is 5.75 Å². The zero-order valence-corrected chi connectivity index (χ0v) is 17.7. The number of hydrogen-bond acceptors (Lipinski definition) is 6. The van der Waals surface area contributed by atoms with E-state index in [1.165, 1.54) is 0 Å². The number of anilines is 2. The molecule has 0 bridgehead atoms. The predicted molar refractivity (Wildman–Crippen MR) is 119 cm³/mol. The standard InChI is InChI=1S/C23H30N4O4/c28-15-8-13-24-21(29)17-27-14-5-1-2-6-16-31-20-11-4-3-10-19(20)26-22-18(23(27)30)9-7-12-25-22/h3-4,7,9-12,28H,1-2,5-6,8,13-17H2,(H,24,29)(H,25,26). The van der Waals surface area contributed by atoms with E-state index in [9.17, 15) is 9.59 Å². The number of aliphatic hydroxyl groups is 1. The predicted octanol–water partition coefficient (Wildman–Crippen LogP) is 2.72. The molecule has 3 N–H and O–H groups in total. The third-order valence-corrected chi connectivity index (χ3v) is 5.04. The molecular formula is C23H30N4O4. The molecule has 2 heterocycles. The summed E-state index contributed by atoms with van der Waals surface area (Å²) in [4.78, 5) is 31.7. The van der Waals surface area contributed by atoms with E-state index in [1.807, 2.05) is 24.3 Å². The van der Waals surface area contributed by atoms with Crippen LogP contribution in [-0.4, -0.2) is 59.7 Å². The first-order chi connectivity index (χ1) is 15.2. The van der Waals surface area contributed by atoms with Crippen molar-refractivity contribution < 1.29 is 19.4 Å². The minimum absolute atomic E-state index is 0.0127. The van der Waals surface area contributed by atoms with Crippen molar-refractivity contribution in [2.45, 2.75) is 32.1 Å². The summed E-state index contributed by atoms with van der Waals surface area (Å²) in [7, 11) is 0. The Hall–Kier alpha value is -3.13. The fraction of sp³-hybridized carbons (Fsp3) is 0.435. The fourth-order valence-electron chi connectivity index (χ4n) is 3.40. The van der Waals surface area contributed by atoms with E-state index in [-0.39, 0.29) is 25.0 Å². The molecule has 2 aromatic rings. The summed E-state index contributed by atoms with van der Waals surface area (Å²) in [6.45, 7) is 1.46. The SMILES string of the molecule is O=C(CN1CCCCCCOc2ccccc2Nc2ncccc2C1=O)NCCCO. The highest BCUT2D eigenvalue weighted by molar-refractivity contribution is 6.01. The van der Waals surface area contributed by atoms with Gasteiger partial charge in [0.05, 0.1) is 24.4 Å². The van der Waals surface area contributed by atoms with Crippen LogP contribution in [0.15, 0.2) is 42.6 Å². The first-order valence-electron chi connectivity index (χ1n) is 10.8. The van der Waals surface area contributed by atoms with Crippen LogP contribution in [0.1, 0.15) is 42.5 Å². The number of para-hydroxylation sites is 2. The van der Waals surface area contributed by atoms with Crippen LogP contribution in [0.2, 0.25) is 0 Å². The molecular weight excluding hydrogens is 396 g/mol. The average molecular weight is 427 g/mol. The molecule has 1 aliphatic rings. The molecule has 8 heteroatoms. The van der Waals surface area contributed by atoms with Crippen molar-refractivity contribution in [3.8, 4) is 5.75 Å². The summed E-state index contributed by atoms with van der Waals surface area (Å²) >= 11 is 0. The van der Waals surface area contributed by atoms with Gasteiger partial charge in [-0.1, -0.05) is 25.0 Å². The zero-order valence-electron chi connectivity index (χ0n) is 17.7. The molecule has 166 valence electrons. The Bertz CT molecular complexity index is 874. The number of carbonyl (C=O) groups excluding carboxylic acids is 2. The Morgan fingerprint density at radius 2 is 2.00 bits per heavy atom. The van der Waals surface area contributed by atoms with Crippen molar-refractivity contribution in [3.63, 3.8) is 0 Å². The van der Waals surface area contributed by atoms with E-state index >= 15 is 0 Å². The van der Waals surface area contributed by atoms with Gasteiger partial charge in [-0.05, 0) is 43.5 Å². The number of pyridine rings is 1. The number of ether oxygens (including phenoxy) is 1. The molecule has 1 aliphatic heterocycles. The van der Waals surface area contributed by atoms with Gasteiger partial charge in [0.1, 0.15) is 11.6 Å². The maximum Gasteiger partial charge on any atom is 0.258 e. The molecule has 0 aliphatic carbocycles. The van der Waals surface area contributed by atoms with E-state index in [4.69, 9.17) is 9.84 Å². The van der Waals surface area contributed by atoms with Crippen molar-refractivity contribution >= 4 is 23.3 Å². The van der Waals surface area contributed by atoms with Crippen LogP contribution in [-0.2, 0) is 4.79 Å². The van der Waals surface area contributed by atoms with Gasteiger partial charge in [0, 0.05) is 25.9 Å². The molecule has 2 amide bonds. The van der Waals surface area contributed by atoms with Gasteiger partial charge < -0.3 is 25.4 Å². The molecule has 0 saturated heterocycles. The number of nitrogens with zero attached hydrogens (tertiary/aromatic N) is 2. The lowest BCUT2D eigenvalue weighted by Crippen LogP contribution is -2.41. The number of nitrogens with one attached hydrogen (secondary N) is 2. The average Bonchev–Trinajstić information content (AvgIpc) is 2.78. The van der Waals surface area contributed by atoms with E-state index in [1.54, 1.807) is 23.2 Å². The van der Waals surface area contributed by atoms with E-state index in [2.05, 4.69) is 15.6 Å². The van der Waals surface area contributed by atoms with Crippen molar-refractivity contribution in [3.05, 3.63) is 48.2 Å². The molecule has 1 aromatic carbocycles. The summed E-state index contributed by atoms with van der Waals surface area (Å²) in [5.74, 6) is 0.651. The number of rotatable bonds is 5. The van der Waals surface area contributed by atoms with Gasteiger partial charge in [-0.3, -0.25) is 9.59 Å². The Morgan fingerprint density at radius 3 is 2.87 bits per heavy atom. The molecule has 31 heavy (non-hydrogen) atoms. The van der Waals surface area contributed by atoms with Crippen molar-refractivity contribution in [1.29, 1.82) is 0 Å². The summed E-state index contributed by atoms with van der Waals surface area (Å²) in [5, 5.41) is 14.9. The van der Waals surface area contributed by atoms with E-state index < -0.39 is 0 Å². The van der Waals surface area contributed by atoms with E-state index in [0.717, 1.165) is 31.4 Å². The lowest BCUT2D eigenvalue weighted by atomic mass is 10.1. The number of aromatic nitrogens is 1. The Morgan fingerprint density at radius 1 is 1.16 bits per heavy atom. The van der Waals surface area contributed by atoms with Gasteiger partial charge in [0.15, 0.2) is 0 Å². The monoisotopic (exact) mass is 426 g/mol. The summed E-state index contributed by atoms with van der Waals surface area (Å²) in [6.07, 6.45) is 5.75. The largest absolute Gasteiger partial charge is 0.491 e. The lowest BCUT2D eigenvalue weighted by molar-refractivity contribution is -0.121. The fourth-order valence-corrected chi connectivity index (χ4v) is 3.40. The van der Waals surface area contributed by atoms with Crippen LogP contribution in [0, 0.1) is 0 Å². The number of carbonyl (C=O) groups is 2. The van der Waals surface area contributed by atoms with Gasteiger partial charge in [-0.15, -0.1) is 0 Å². The van der Waals surface area contributed by atoms with Crippen LogP contribution < -0.4 is 15.4 Å². The highest BCUT2D eigenvalue weighted by Gasteiger charge is 2.22. The molecule has 0 spiro atoms. The van der Waals surface area contributed by atoms with Crippen LogP contribution in [0.4, 0.5) is 11.5 Å². The molecule has 0 atom stereocenters. The summed E-state index contributed by atoms with van der Waals surface area (Å²) in [5.41, 5.74) is 1.14. The van der Waals surface area contributed by atoms with Crippen molar-refractivity contribution in [1.82, 2.24) is 15.2 Å². The molecule has 0 fully saturated rings. The lowest BCUT2D eigenvalue weighted by Gasteiger charge is -2.24.